The van der Waals surface area contributed by atoms with Crippen molar-refractivity contribution in [3.05, 3.63) is 22.2 Å². The van der Waals surface area contributed by atoms with Gasteiger partial charge in [-0.25, -0.2) is 4.98 Å². The van der Waals surface area contributed by atoms with E-state index in [2.05, 4.69) is 9.97 Å². The molecule has 16 heavy (non-hydrogen) atoms. The van der Waals surface area contributed by atoms with E-state index in [-0.39, 0.29) is 0 Å². The van der Waals surface area contributed by atoms with Gasteiger partial charge in [0.25, 0.3) is 0 Å². The number of aromatic nitrogens is 2. The molecular formula is C12H16N2S2. The number of hydrogen-bond donors (Lipinski definition) is 1. The second-order valence-electron chi connectivity index (χ2n) is 4.69. The van der Waals surface area contributed by atoms with Crippen LogP contribution in [-0.2, 0) is 0 Å². The standard InChI is InChI=1S/C12H16N2S2/c15-11-7-9(8-4-5-8)13-12(14-11)10-3-1-2-6-16-10/h7-8,10H,1-6H2,(H,13,14,15). The monoisotopic (exact) mass is 252 g/mol. The van der Waals surface area contributed by atoms with Crippen LogP contribution in [-0.4, -0.2) is 15.7 Å². The fraction of sp³-hybridized carbons (Fsp3) is 0.667. The van der Waals surface area contributed by atoms with Gasteiger partial charge in [0.05, 0.1) is 5.25 Å². The molecule has 1 saturated heterocycles. The Hall–Kier alpha value is -0.350. The predicted octanol–water partition coefficient (Wildman–Crippen LogP) is 3.97. The third kappa shape index (κ3) is 2.33. The largest absolute Gasteiger partial charge is 0.346 e. The van der Waals surface area contributed by atoms with Crippen molar-refractivity contribution in [2.24, 2.45) is 0 Å². The van der Waals surface area contributed by atoms with Crippen molar-refractivity contribution >= 4 is 24.0 Å². The molecule has 2 fully saturated rings. The van der Waals surface area contributed by atoms with Gasteiger partial charge in [-0.2, -0.15) is 11.8 Å². The molecule has 2 nitrogen and oxygen atoms in total. The molecule has 1 atom stereocenters. The zero-order valence-electron chi connectivity index (χ0n) is 9.24. The first-order valence-corrected chi connectivity index (χ1v) is 7.51. The summed E-state index contributed by atoms with van der Waals surface area (Å²) >= 11 is 7.29. The summed E-state index contributed by atoms with van der Waals surface area (Å²) in [4.78, 5) is 8.02. The Morgan fingerprint density at radius 3 is 2.88 bits per heavy atom. The Balaban J connectivity index is 1.89. The van der Waals surface area contributed by atoms with Crippen molar-refractivity contribution < 1.29 is 0 Å². The third-order valence-corrected chi connectivity index (χ3v) is 4.88. The van der Waals surface area contributed by atoms with E-state index >= 15 is 0 Å². The summed E-state index contributed by atoms with van der Waals surface area (Å²) < 4.78 is 0.766. The lowest BCUT2D eigenvalue weighted by molar-refractivity contribution is 0.657. The molecule has 2 heterocycles. The lowest BCUT2D eigenvalue weighted by Crippen LogP contribution is -2.08. The molecule has 0 aromatic carbocycles. The maximum atomic E-state index is 5.26. The van der Waals surface area contributed by atoms with Gasteiger partial charge in [0.1, 0.15) is 10.5 Å². The Morgan fingerprint density at radius 1 is 1.31 bits per heavy atom. The van der Waals surface area contributed by atoms with Crippen molar-refractivity contribution in [3.8, 4) is 0 Å². The van der Waals surface area contributed by atoms with Gasteiger partial charge in [-0.1, -0.05) is 18.6 Å². The number of nitrogens with one attached hydrogen (secondary N) is 1. The number of H-pyrrole nitrogens is 1. The van der Waals surface area contributed by atoms with Crippen LogP contribution in [0, 0.1) is 4.64 Å². The smallest absolute Gasteiger partial charge is 0.130 e. The number of aromatic amines is 1. The molecule has 1 unspecified atom stereocenters. The lowest BCUT2D eigenvalue weighted by Gasteiger charge is -2.20. The first-order valence-electron chi connectivity index (χ1n) is 6.06. The van der Waals surface area contributed by atoms with Gasteiger partial charge in [0.15, 0.2) is 0 Å². The zero-order valence-corrected chi connectivity index (χ0v) is 10.9. The van der Waals surface area contributed by atoms with Gasteiger partial charge < -0.3 is 4.98 Å². The first kappa shape index (κ1) is 10.8. The fourth-order valence-corrected chi connectivity index (χ4v) is 3.70. The summed E-state index contributed by atoms with van der Waals surface area (Å²) in [6.07, 6.45) is 6.55. The average molecular weight is 252 g/mol. The topological polar surface area (TPSA) is 28.7 Å². The summed E-state index contributed by atoms with van der Waals surface area (Å²) in [7, 11) is 0. The van der Waals surface area contributed by atoms with Gasteiger partial charge in [0.2, 0.25) is 0 Å². The van der Waals surface area contributed by atoms with Crippen molar-refractivity contribution in [2.75, 3.05) is 5.75 Å². The Kier molecular flexibility index (Phi) is 3.03. The number of hydrogen-bond acceptors (Lipinski definition) is 3. The molecule has 0 radical (unpaired) electrons. The van der Waals surface area contributed by atoms with E-state index < -0.39 is 0 Å². The summed E-state index contributed by atoms with van der Waals surface area (Å²) in [5.74, 6) is 3.12. The van der Waals surface area contributed by atoms with E-state index in [9.17, 15) is 0 Å². The van der Waals surface area contributed by atoms with Gasteiger partial charge in [-0.05, 0) is 43.4 Å². The normalized spacial score (nSPS) is 25.6. The fourth-order valence-electron chi connectivity index (χ4n) is 2.22. The van der Waals surface area contributed by atoms with Gasteiger partial charge in [-0.3, -0.25) is 0 Å². The zero-order chi connectivity index (χ0) is 11.0. The predicted molar refractivity (Wildman–Crippen MR) is 70.4 cm³/mol. The summed E-state index contributed by atoms with van der Waals surface area (Å²) in [5, 5.41) is 0.550. The minimum Gasteiger partial charge on any atom is -0.346 e. The van der Waals surface area contributed by atoms with E-state index in [1.54, 1.807) is 0 Å². The molecule has 1 aromatic rings. The van der Waals surface area contributed by atoms with Crippen molar-refractivity contribution in [1.29, 1.82) is 0 Å². The molecular weight excluding hydrogens is 236 g/mol. The summed E-state index contributed by atoms with van der Waals surface area (Å²) in [5.41, 5.74) is 1.32. The number of thioether (sulfide) groups is 1. The second kappa shape index (κ2) is 4.49. The van der Waals surface area contributed by atoms with Crippen LogP contribution in [0.15, 0.2) is 6.07 Å². The van der Waals surface area contributed by atoms with Crippen molar-refractivity contribution in [1.82, 2.24) is 9.97 Å². The van der Waals surface area contributed by atoms with Gasteiger partial charge in [0, 0.05) is 5.69 Å². The molecule has 1 aromatic heterocycles. The van der Waals surface area contributed by atoms with Crippen LogP contribution in [0.3, 0.4) is 0 Å². The highest BCUT2D eigenvalue weighted by Gasteiger charge is 2.26. The minimum absolute atomic E-state index is 0.550. The lowest BCUT2D eigenvalue weighted by atomic mass is 10.1. The van der Waals surface area contributed by atoms with Crippen LogP contribution >= 0.6 is 24.0 Å². The maximum absolute atomic E-state index is 5.26. The van der Waals surface area contributed by atoms with Crippen LogP contribution in [0.25, 0.3) is 0 Å². The van der Waals surface area contributed by atoms with E-state index in [0.717, 1.165) is 16.4 Å². The maximum Gasteiger partial charge on any atom is 0.130 e. The second-order valence-corrected chi connectivity index (χ2v) is 6.42. The third-order valence-electron chi connectivity index (χ3n) is 3.28. The van der Waals surface area contributed by atoms with Gasteiger partial charge >= 0.3 is 0 Å². The van der Waals surface area contributed by atoms with Crippen LogP contribution in [0.1, 0.15) is 54.8 Å². The quantitative estimate of drug-likeness (QED) is 0.807. The highest BCUT2D eigenvalue weighted by Crippen LogP contribution is 2.41. The van der Waals surface area contributed by atoms with E-state index in [1.165, 1.54) is 43.6 Å². The molecule has 2 aliphatic rings. The molecule has 0 spiro atoms. The first-order chi connectivity index (χ1) is 7.83. The van der Waals surface area contributed by atoms with Gasteiger partial charge in [-0.15, -0.1) is 0 Å². The molecule has 1 N–H and O–H groups in total. The highest BCUT2D eigenvalue weighted by molar-refractivity contribution is 7.99. The summed E-state index contributed by atoms with van der Waals surface area (Å²) in [6, 6.07) is 2.05. The SMILES string of the molecule is S=c1cc(C2CC2)[nH]c(C2CCCCS2)n1. The number of nitrogens with zero attached hydrogens (tertiary/aromatic N) is 1. The van der Waals surface area contributed by atoms with Crippen LogP contribution in [0.2, 0.25) is 0 Å². The van der Waals surface area contributed by atoms with E-state index in [0.29, 0.717) is 5.25 Å². The molecule has 1 saturated carbocycles. The molecule has 86 valence electrons. The molecule has 3 rings (SSSR count). The summed E-state index contributed by atoms with van der Waals surface area (Å²) in [6.45, 7) is 0. The molecule has 0 bridgehead atoms. The Bertz CT molecular complexity index is 431. The molecule has 4 heteroatoms. The number of rotatable bonds is 2. The van der Waals surface area contributed by atoms with Crippen molar-refractivity contribution in [2.45, 2.75) is 43.3 Å². The Morgan fingerprint density at radius 2 is 2.19 bits per heavy atom. The molecule has 1 aliphatic heterocycles. The molecule has 0 amide bonds. The van der Waals surface area contributed by atoms with Crippen molar-refractivity contribution in [3.63, 3.8) is 0 Å². The van der Waals surface area contributed by atoms with E-state index in [1.807, 2.05) is 17.8 Å². The Labute approximate surface area is 105 Å². The van der Waals surface area contributed by atoms with Crippen LogP contribution < -0.4 is 0 Å². The minimum atomic E-state index is 0.550. The van der Waals surface area contributed by atoms with E-state index in [4.69, 9.17) is 12.2 Å². The van der Waals surface area contributed by atoms with Crippen LogP contribution in [0.5, 0.6) is 0 Å². The average Bonchev–Trinajstić information content (AvgIpc) is 3.13. The van der Waals surface area contributed by atoms with Crippen LogP contribution in [0.4, 0.5) is 0 Å². The highest BCUT2D eigenvalue weighted by atomic mass is 32.2. The molecule has 1 aliphatic carbocycles.